The van der Waals surface area contributed by atoms with Crippen molar-refractivity contribution >= 4 is 39.2 Å². The highest BCUT2D eigenvalue weighted by atomic mass is 32.1. The summed E-state index contributed by atoms with van der Waals surface area (Å²) in [6.45, 7) is 3.38. The predicted molar refractivity (Wildman–Crippen MR) is 105 cm³/mol. The minimum absolute atomic E-state index is 0.122. The van der Waals surface area contributed by atoms with Gasteiger partial charge in [0.15, 0.2) is 0 Å². The molecule has 142 valence electrons. The Bertz CT molecular complexity index is 1110. The van der Waals surface area contributed by atoms with Gasteiger partial charge in [0.25, 0.3) is 0 Å². The van der Waals surface area contributed by atoms with Gasteiger partial charge in [0.2, 0.25) is 0 Å². The molecule has 8 heteroatoms. The second-order valence-corrected chi connectivity index (χ2v) is 6.94. The third kappa shape index (κ3) is 3.66. The van der Waals surface area contributed by atoms with Crippen LogP contribution in [0, 0.1) is 18.3 Å². The summed E-state index contributed by atoms with van der Waals surface area (Å²) in [7, 11) is 0. The molecule has 0 fully saturated rings. The van der Waals surface area contributed by atoms with Crippen LogP contribution < -0.4 is 5.73 Å². The van der Waals surface area contributed by atoms with E-state index in [9.17, 15) is 14.9 Å². The van der Waals surface area contributed by atoms with Gasteiger partial charge in [-0.25, -0.2) is 9.59 Å². The lowest BCUT2D eigenvalue weighted by Crippen LogP contribution is -2.11. The molecule has 0 saturated carbocycles. The summed E-state index contributed by atoms with van der Waals surface area (Å²) in [4.78, 5) is 29.4. The molecule has 7 nitrogen and oxygen atoms in total. The van der Waals surface area contributed by atoms with Crippen LogP contribution in [0.5, 0.6) is 0 Å². The molecule has 0 saturated heterocycles. The third-order valence-corrected chi connectivity index (χ3v) is 5.06. The van der Waals surface area contributed by atoms with E-state index in [0.717, 1.165) is 11.3 Å². The normalized spacial score (nSPS) is 10.5. The van der Waals surface area contributed by atoms with Crippen LogP contribution in [-0.4, -0.2) is 23.5 Å². The number of nitrogen functional groups attached to an aromatic ring is 1. The molecular weight excluding hydrogens is 378 g/mol. The fourth-order valence-electron chi connectivity index (χ4n) is 2.80. The van der Waals surface area contributed by atoms with E-state index in [2.05, 4.69) is 4.98 Å². The summed E-state index contributed by atoms with van der Waals surface area (Å²) in [5, 5.41) is 10.2. The molecule has 2 heterocycles. The van der Waals surface area contributed by atoms with Gasteiger partial charge in [0.05, 0.1) is 23.3 Å². The lowest BCUT2D eigenvalue weighted by atomic mass is 10.1. The van der Waals surface area contributed by atoms with Gasteiger partial charge in [-0.1, -0.05) is 18.2 Å². The van der Waals surface area contributed by atoms with Crippen LogP contribution >= 0.6 is 11.3 Å². The number of para-hydroxylation sites is 1. The smallest absolute Gasteiger partial charge is 0.348 e. The number of pyridine rings is 1. The van der Waals surface area contributed by atoms with Crippen LogP contribution in [0.25, 0.3) is 10.9 Å². The quantitative estimate of drug-likeness (QED) is 0.656. The number of fused-ring (bicyclic) bond motifs is 1. The van der Waals surface area contributed by atoms with Crippen molar-refractivity contribution in [2.24, 2.45) is 0 Å². The number of anilines is 1. The summed E-state index contributed by atoms with van der Waals surface area (Å²) >= 11 is 0.946. The van der Waals surface area contributed by atoms with E-state index in [1.54, 1.807) is 26.0 Å². The van der Waals surface area contributed by atoms with Gasteiger partial charge >= 0.3 is 11.9 Å². The summed E-state index contributed by atoms with van der Waals surface area (Å²) < 4.78 is 10.4. The monoisotopic (exact) mass is 395 g/mol. The van der Waals surface area contributed by atoms with Crippen LogP contribution in [0.3, 0.4) is 0 Å². The molecule has 0 radical (unpaired) electrons. The Labute approximate surface area is 165 Å². The molecule has 0 aliphatic heterocycles. The predicted octanol–water partition coefficient (Wildman–Crippen LogP) is 3.59. The lowest BCUT2D eigenvalue weighted by Gasteiger charge is -2.09. The van der Waals surface area contributed by atoms with Crippen LogP contribution in [0.15, 0.2) is 30.3 Å². The van der Waals surface area contributed by atoms with Crippen LogP contribution in [0.1, 0.15) is 43.8 Å². The van der Waals surface area contributed by atoms with Gasteiger partial charge in [-0.3, -0.25) is 4.98 Å². The van der Waals surface area contributed by atoms with Crippen molar-refractivity contribution in [3.63, 3.8) is 0 Å². The number of ether oxygens (including phenoxy) is 2. The lowest BCUT2D eigenvalue weighted by molar-refractivity contribution is 0.0454. The highest BCUT2D eigenvalue weighted by Gasteiger charge is 2.24. The largest absolute Gasteiger partial charge is 0.462 e. The highest BCUT2D eigenvalue weighted by Crippen LogP contribution is 2.32. The van der Waals surface area contributed by atoms with E-state index >= 15 is 0 Å². The number of aromatic nitrogens is 1. The fourth-order valence-corrected chi connectivity index (χ4v) is 3.72. The number of hydrogen-bond acceptors (Lipinski definition) is 8. The minimum atomic E-state index is -0.600. The maximum absolute atomic E-state index is 12.7. The number of benzene rings is 1. The first-order chi connectivity index (χ1) is 13.5. The molecular formula is C20H17N3O4S. The molecule has 0 aliphatic rings. The zero-order chi connectivity index (χ0) is 20.3. The molecule has 2 N–H and O–H groups in total. The number of aryl methyl sites for hydroxylation is 1. The second kappa shape index (κ2) is 8.06. The van der Waals surface area contributed by atoms with Crippen molar-refractivity contribution in [1.82, 2.24) is 4.98 Å². The number of hydrogen-bond donors (Lipinski definition) is 1. The SMILES string of the molecule is CCOC(=O)c1sc(N)c(C#N)c1COC(=O)c1cc(C)nc2ccccc12. The van der Waals surface area contributed by atoms with Crippen LogP contribution in [0.4, 0.5) is 5.00 Å². The average Bonchev–Trinajstić information content (AvgIpc) is 3.01. The van der Waals surface area contributed by atoms with E-state index < -0.39 is 11.9 Å². The molecule has 0 bridgehead atoms. The van der Waals surface area contributed by atoms with Gasteiger partial charge in [-0.05, 0) is 26.0 Å². The third-order valence-electron chi connectivity index (χ3n) is 4.02. The Morgan fingerprint density at radius 2 is 2.00 bits per heavy atom. The van der Waals surface area contributed by atoms with E-state index in [1.165, 1.54) is 0 Å². The van der Waals surface area contributed by atoms with Crippen molar-refractivity contribution in [2.75, 3.05) is 12.3 Å². The summed E-state index contributed by atoms with van der Waals surface area (Å²) in [5.74, 6) is -1.18. The molecule has 0 aliphatic carbocycles. The second-order valence-electron chi connectivity index (χ2n) is 5.89. The standard InChI is InChI=1S/C20H17N3O4S/c1-3-26-20(25)17-15(14(9-21)18(22)28-17)10-27-19(24)13-8-11(2)23-16-7-5-4-6-12(13)16/h4-8H,3,10,22H2,1-2H3. The molecule has 3 rings (SSSR count). The number of carbonyl (C=O) groups excluding carboxylic acids is 2. The van der Waals surface area contributed by atoms with Crippen LogP contribution in [0.2, 0.25) is 0 Å². The van der Waals surface area contributed by atoms with Gasteiger partial charge in [0.1, 0.15) is 22.6 Å². The first kappa shape index (κ1) is 19.3. The molecule has 0 unspecified atom stereocenters. The first-order valence-electron chi connectivity index (χ1n) is 8.48. The van der Waals surface area contributed by atoms with Gasteiger partial charge < -0.3 is 15.2 Å². The molecule has 2 aromatic heterocycles. The van der Waals surface area contributed by atoms with E-state index in [-0.39, 0.29) is 34.2 Å². The topological polar surface area (TPSA) is 115 Å². The molecule has 1 aromatic carbocycles. The number of nitrogens with two attached hydrogens (primary N) is 1. The van der Waals surface area contributed by atoms with Gasteiger partial charge in [-0.2, -0.15) is 5.26 Å². The number of thiophene rings is 1. The Hall–Kier alpha value is -3.44. The number of esters is 2. The Kier molecular flexibility index (Phi) is 5.57. The van der Waals surface area contributed by atoms with Gasteiger partial charge in [-0.15, -0.1) is 11.3 Å². The van der Waals surface area contributed by atoms with Crippen molar-refractivity contribution in [2.45, 2.75) is 20.5 Å². The summed E-state index contributed by atoms with van der Waals surface area (Å²) in [5.41, 5.74) is 7.94. The maximum Gasteiger partial charge on any atom is 0.348 e. The zero-order valence-electron chi connectivity index (χ0n) is 15.3. The molecule has 0 spiro atoms. The van der Waals surface area contributed by atoms with Crippen molar-refractivity contribution in [3.8, 4) is 6.07 Å². The Morgan fingerprint density at radius 1 is 1.25 bits per heavy atom. The van der Waals surface area contributed by atoms with Crippen molar-refractivity contribution < 1.29 is 19.1 Å². The summed E-state index contributed by atoms with van der Waals surface area (Å²) in [6, 6.07) is 10.8. The Morgan fingerprint density at radius 3 is 2.71 bits per heavy atom. The van der Waals surface area contributed by atoms with Crippen molar-refractivity contribution in [1.29, 1.82) is 5.26 Å². The number of rotatable bonds is 5. The maximum atomic E-state index is 12.7. The van der Waals surface area contributed by atoms with E-state index in [4.69, 9.17) is 15.2 Å². The van der Waals surface area contributed by atoms with Crippen molar-refractivity contribution in [3.05, 3.63) is 57.6 Å². The number of nitrogens with zero attached hydrogens (tertiary/aromatic N) is 2. The minimum Gasteiger partial charge on any atom is -0.462 e. The number of nitriles is 1. The summed E-state index contributed by atoms with van der Waals surface area (Å²) in [6.07, 6.45) is 0. The first-order valence-corrected chi connectivity index (χ1v) is 9.29. The fraction of sp³-hybridized carbons (Fsp3) is 0.200. The molecule has 28 heavy (non-hydrogen) atoms. The van der Waals surface area contributed by atoms with E-state index in [1.807, 2.05) is 24.3 Å². The zero-order valence-corrected chi connectivity index (χ0v) is 16.1. The molecule has 0 amide bonds. The molecule has 0 atom stereocenters. The van der Waals surface area contributed by atoms with Crippen LogP contribution in [-0.2, 0) is 16.1 Å². The highest BCUT2D eigenvalue weighted by molar-refractivity contribution is 7.18. The Balaban J connectivity index is 1.92. The van der Waals surface area contributed by atoms with Gasteiger partial charge in [0, 0.05) is 16.6 Å². The average molecular weight is 395 g/mol. The number of carbonyl (C=O) groups is 2. The molecule has 3 aromatic rings. The van der Waals surface area contributed by atoms with E-state index in [0.29, 0.717) is 22.2 Å².